The van der Waals surface area contributed by atoms with Gasteiger partial charge in [-0.3, -0.25) is 14.4 Å². The predicted octanol–water partition coefficient (Wildman–Crippen LogP) is 2.49. The van der Waals surface area contributed by atoms with Crippen LogP contribution < -0.4 is 15.5 Å². The van der Waals surface area contributed by atoms with Gasteiger partial charge >= 0.3 is 0 Å². The summed E-state index contributed by atoms with van der Waals surface area (Å²) >= 11 is 0. The number of nitrogens with one attached hydrogen (secondary N) is 2. The molecular weight excluding hydrogens is 330 g/mol. The molecule has 0 aliphatic carbocycles. The summed E-state index contributed by atoms with van der Waals surface area (Å²) in [6.07, 6.45) is 1.46. The Balaban J connectivity index is 1.52. The largest absolute Gasteiger partial charge is 0.343 e. The Labute approximate surface area is 152 Å². The van der Waals surface area contributed by atoms with Gasteiger partial charge in [0.2, 0.25) is 11.8 Å². The molecule has 0 aromatic heterocycles. The summed E-state index contributed by atoms with van der Waals surface area (Å²) in [7, 11) is 0. The molecule has 2 aromatic rings. The number of anilines is 2. The summed E-state index contributed by atoms with van der Waals surface area (Å²) in [5.74, 6) is -0.459. The molecule has 3 amide bonds. The van der Waals surface area contributed by atoms with E-state index in [0.717, 1.165) is 24.2 Å². The van der Waals surface area contributed by atoms with Crippen LogP contribution in [0.3, 0.4) is 0 Å². The maximum atomic E-state index is 12.1. The molecule has 0 radical (unpaired) electrons. The molecule has 0 unspecified atom stereocenters. The third-order valence-corrected chi connectivity index (χ3v) is 4.34. The fourth-order valence-corrected chi connectivity index (χ4v) is 2.93. The van der Waals surface area contributed by atoms with Crippen LogP contribution in [0.25, 0.3) is 0 Å². The van der Waals surface area contributed by atoms with Gasteiger partial charge in [-0.25, -0.2) is 0 Å². The van der Waals surface area contributed by atoms with Crippen molar-refractivity contribution < 1.29 is 14.4 Å². The molecule has 3 rings (SSSR count). The molecule has 1 aliphatic rings. The van der Waals surface area contributed by atoms with Crippen molar-refractivity contribution in [1.82, 2.24) is 5.32 Å². The molecule has 1 fully saturated rings. The molecule has 6 heteroatoms. The van der Waals surface area contributed by atoms with Crippen LogP contribution in [-0.2, 0) is 9.59 Å². The van der Waals surface area contributed by atoms with Crippen molar-refractivity contribution in [3.05, 3.63) is 59.7 Å². The molecule has 134 valence electrons. The molecule has 1 heterocycles. The lowest BCUT2D eigenvalue weighted by Gasteiger charge is -2.16. The first-order chi connectivity index (χ1) is 12.5. The Morgan fingerprint density at radius 3 is 2.46 bits per heavy atom. The Kier molecular flexibility index (Phi) is 5.31. The van der Waals surface area contributed by atoms with Crippen LogP contribution in [-0.4, -0.2) is 30.8 Å². The van der Waals surface area contributed by atoms with Crippen molar-refractivity contribution >= 4 is 29.1 Å². The van der Waals surface area contributed by atoms with E-state index in [0.29, 0.717) is 17.7 Å². The molecule has 0 saturated carbocycles. The second-order valence-corrected chi connectivity index (χ2v) is 6.24. The first-order valence-electron chi connectivity index (χ1n) is 8.59. The lowest BCUT2D eigenvalue weighted by Crippen LogP contribution is -2.33. The highest BCUT2D eigenvalue weighted by atomic mass is 16.2. The van der Waals surface area contributed by atoms with E-state index in [1.165, 1.54) is 0 Å². The monoisotopic (exact) mass is 351 g/mol. The van der Waals surface area contributed by atoms with Gasteiger partial charge in [0.1, 0.15) is 0 Å². The number of benzene rings is 2. The van der Waals surface area contributed by atoms with Gasteiger partial charge < -0.3 is 15.5 Å². The lowest BCUT2D eigenvalue weighted by atomic mass is 10.1. The molecule has 0 atom stereocenters. The van der Waals surface area contributed by atoms with E-state index in [9.17, 15) is 14.4 Å². The first-order valence-corrected chi connectivity index (χ1v) is 8.59. The van der Waals surface area contributed by atoms with Gasteiger partial charge in [-0.15, -0.1) is 0 Å². The van der Waals surface area contributed by atoms with Gasteiger partial charge in [-0.2, -0.15) is 0 Å². The molecule has 2 aromatic carbocycles. The molecule has 0 spiro atoms. The van der Waals surface area contributed by atoms with Crippen molar-refractivity contribution in [3.63, 3.8) is 0 Å². The zero-order chi connectivity index (χ0) is 18.5. The Morgan fingerprint density at radius 1 is 1.08 bits per heavy atom. The average molecular weight is 351 g/mol. The minimum Gasteiger partial charge on any atom is -0.343 e. The van der Waals surface area contributed by atoms with Crippen molar-refractivity contribution in [2.24, 2.45) is 0 Å². The van der Waals surface area contributed by atoms with Crippen LogP contribution in [0.2, 0.25) is 0 Å². The third kappa shape index (κ3) is 4.08. The zero-order valence-electron chi connectivity index (χ0n) is 14.6. The SMILES string of the molecule is Cc1ccccc1C(=O)NCC(=O)Nc1ccc(N2CCCC2=O)cc1. The number of aryl methyl sites for hydroxylation is 1. The van der Waals surface area contributed by atoms with Gasteiger partial charge in [-0.1, -0.05) is 18.2 Å². The van der Waals surface area contributed by atoms with Crippen molar-refractivity contribution in [2.75, 3.05) is 23.3 Å². The number of amides is 3. The highest BCUT2D eigenvalue weighted by Crippen LogP contribution is 2.22. The molecule has 2 N–H and O–H groups in total. The molecule has 26 heavy (non-hydrogen) atoms. The quantitative estimate of drug-likeness (QED) is 0.869. The van der Waals surface area contributed by atoms with Crippen LogP contribution >= 0.6 is 0 Å². The maximum absolute atomic E-state index is 12.1. The summed E-state index contributed by atoms with van der Waals surface area (Å²) in [6.45, 7) is 2.47. The van der Waals surface area contributed by atoms with Crippen molar-refractivity contribution in [1.29, 1.82) is 0 Å². The van der Waals surface area contributed by atoms with E-state index in [2.05, 4.69) is 10.6 Å². The molecule has 0 bridgehead atoms. The third-order valence-electron chi connectivity index (χ3n) is 4.34. The number of rotatable bonds is 5. The second kappa shape index (κ2) is 7.82. The van der Waals surface area contributed by atoms with Gasteiger partial charge in [0.15, 0.2) is 0 Å². The van der Waals surface area contributed by atoms with Gasteiger partial charge in [0, 0.05) is 29.9 Å². The summed E-state index contributed by atoms with van der Waals surface area (Å²) < 4.78 is 0. The van der Waals surface area contributed by atoms with Crippen LogP contribution in [0, 0.1) is 6.92 Å². The fourth-order valence-electron chi connectivity index (χ4n) is 2.93. The van der Waals surface area contributed by atoms with E-state index < -0.39 is 0 Å². The zero-order valence-corrected chi connectivity index (χ0v) is 14.6. The fraction of sp³-hybridized carbons (Fsp3) is 0.250. The van der Waals surface area contributed by atoms with Crippen LogP contribution in [0.15, 0.2) is 48.5 Å². The number of hydrogen-bond donors (Lipinski definition) is 2. The van der Waals surface area contributed by atoms with Gasteiger partial charge in [0.05, 0.1) is 6.54 Å². The summed E-state index contributed by atoms with van der Waals surface area (Å²) in [4.78, 5) is 37.6. The minimum atomic E-state index is -0.308. The average Bonchev–Trinajstić information content (AvgIpc) is 3.07. The van der Waals surface area contributed by atoms with Crippen LogP contribution in [0.1, 0.15) is 28.8 Å². The Bertz CT molecular complexity index is 830. The highest BCUT2D eigenvalue weighted by Gasteiger charge is 2.21. The highest BCUT2D eigenvalue weighted by molar-refractivity contribution is 6.00. The van der Waals surface area contributed by atoms with E-state index in [4.69, 9.17) is 0 Å². The lowest BCUT2D eigenvalue weighted by molar-refractivity contribution is -0.117. The standard InChI is InChI=1S/C20H21N3O3/c1-14-5-2-3-6-17(14)20(26)21-13-18(24)22-15-8-10-16(11-9-15)23-12-4-7-19(23)25/h2-3,5-6,8-11H,4,7,12-13H2,1H3,(H,21,26)(H,22,24). The number of carbonyl (C=O) groups excluding carboxylic acids is 3. The van der Waals surface area contributed by atoms with Crippen molar-refractivity contribution in [3.8, 4) is 0 Å². The minimum absolute atomic E-state index is 0.112. The molecular formula is C20H21N3O3. The van der Waals surface area contributed by atoms with E-state index in [1.807, 2.05) is 31.2 Å². The van der Waals surface area contributed by atoms with E-state index in [-0.39, 0.29) is 24.3 Å². The molecule has 1 saturated heterocycles. The molecule has 6 nitrogen and oxygen atoms in total. The number of nitrogens with zero attached hydrogens (tertiary/aromatic N) is 1. The predicted molar refractivity (Wildman–Crippen MR) is 100 cm³/mol. The van der Waals surface area contributed by atoms with Gasteiger partial charge in [-0.05, 0) is 49.2 Å². The summed E-state index contributed by atoms with van der Waals surface area (Å²) in [6, 6.07) is 14.3. The second-order valence-electron chi connectivity index (χ2n) is 6.24. The van der Waals surface area contributed by atoms with Gasteiger partial charge in [0.25, 0.3) is 5.91 Å². The van der Waals surface area contributed by atoms with E-state index in [1.54, 1.807) is 29.2 Å². The smallest absolute Gasteiger partial charge is 0.251 e. The van der Waals surface area contributed by atoms with Crippen LogP contribution in [0.5, 0.6) is 0 Å². The topological polar surface area (TPSA) is 78.5 Å². The van der Waals surface area contributed by atoms with E-state index >= 15 is 0 Å². The Hall–Kier alpha value is -3.15. The van der Waals surface area contributed by atoms with Crippen LogP contribution in [0.4, 0.5) is 11.4 Å². The normalized spacial score (nSPS) is 13.6. The van der Waals surface area contributed by atoms with Crippen molar-refractivity contribution in [2.45, 2.75) is 19.8 Å². The number of carbonyl (C=O) groups is 3. The molecule has 1 aliphatic heterocycles. The summed E-state index contributed by atoms with van der Waals surface area (Å²) in [5, 5.41) is 5.35. The maximum Gasteiger partial charge on any atom is 0.251 e. The summed E-state index contributed by atoms with van der Waals surface area (Å²) in [5.41, 5.74) is 2.87. The Morgan fingerprint density at radius 2 is 1.81 bits per heavy atom. The first kappa shape index (κ1) is 17.7. The number of hydrogen-bond acceptors (Lipinski definition) is 3.